The largest absolute Gasteiger partial charge is 0.545 e. The van der Waals surface area contributed by atoms with Gasteiger partial charge >= 0.3 is 0 Å². The minimum atomic E-state index is -4.01. The van der Waals surface area contributed by atoms with Gasteiger partial charge in [0, 0.05) is 22.6 Å². The molecule has 7 nitrogen and oxygen atoms in total. The first-order chi connectivity index (χ1) is 16.3. The molecule has 0 aliphatic rings. The van der Waals surface area contributed by atoms with Crippen molar-refractivity contribution in [2.75, 3.05) is 9.62 Å². The van der Waals surface area contributed by atoms with Gasteiger partial charge in [0.15, 0.2) is 0 Å². The second-order valence-electron chi connectivity index (χ2n) is 7.31. The molecule has 0 fully saturated rings. The van der Waals surface area contributed by atoms with Crippen LogP contribution in [-0.4, -0.2) is 20.3 Å². The fraction of sp³-hybridized carbons (Fsp3) is 0. The molecule has 170 valence electrons. The Morgan fingerprint density at radius 3 is 1.76 bits per heavy atom. The van der Waals surface area contributed by atoms with Crippen LogP contribution in [0.3, 0.4) is 0 Å². The summed E-state index contributed by atoms with van der Waals surface area (Å²) in [4.78, 5) is 25.9. The van der Waals surface area contributed by atoms with Crippen LogP contribution in [0.25, 0.3) is 0 Å². The molecule has 0 bridgehead atoms. The molecular weight excluding hydrogens is 452 g/mol. The number of nitrogens with zero attached hydrogens (tertiary/aromatic N) is 1. The van der Waals surface area contributed by atoms with E-state index in [4.69, 9.17) is 0 Å². The van der Waals surface area contributed by atoms with Crippen LogP contribution in [0.4, 0.5) is 17.1 Å². The number of nitrogens with one attached hydrogen (secondary N) is 1. The highest BCUT2D eigenvalue weighted by atomic mass is 32.2. The second kappa shape index (κ2) is 9.60. The van der Waals surface area contributed by atoms with Gasteiger partial charge in [0.2, 0.25) is 0 Å². The van der Waals surface area contributed by atoms with E-state index < -0.39 is 16.0 Å². The number of aromatic carboxylic acids is 1. The van der Waals surface area contributed by atoms with Crippen molar-refractivity contribution < 1.29 is 23.1 Å². The molecule has 1 amide bonds. The summed E-state index contributed by atoms with van der Waals surface area (Å²) in [5, 5.41) is 10.9. The summed E-state index contributed by atoms with van der Waals surface area (Å²) in [7, 11) is -4.01. The molecule has 8 heteroatoms. The van der Waals surface area contributed by atoms with Crippen molar-refractivity contribution in [3.63, 3.8) is 0 Å². The van der Waals surface area contributed by atoms with E-state index in [1.165, 1.54) is 24.3 Å². The number of rotatable bonds is 7. The van der Waals surface area contributed by atoms with Gasteiger partial charge in [-0.15, -0.1) is 0 Å². The maximum Gasteiger partial charge on any atom is 0.262 e. The summed E-state index contributed by atoms with van der Waals surface area (Å²) in [6.45, 7) is 0. The van der Waals surface area contributed by atoms with Gasteiger partial charge in [-0.25, -0.2) is 8.42 Å². The number of anilines is 3. The number of benzene rings is 4. The molecule has 4 rings (SSSR count). The maximum absolute atomic E-state index is 13.5. The van der Waals surface area contributed by atoms with Crippen LogP contribution >= 0.6 is 0 Å². The third kappa shape index (κ3) is 4.97. The van der Waals surface area contributed by atoms with E-state index >= 15 is 0 Å². The van der Waals surface area contributed by atoms with Crippen LogP contribution in [0.1, 0.15) is 20.7 Å². The van der Waals surface area contributed by atoms with Crippen molar-refractivity contribution in [1.82, 2.24) is 0 Å². The highest BCUT2D eigenvalue weighted by Crippen LogP contribution is 2.28. The Bertz CT molecular complexity index is 1380. The lowest BCUT2D eigenvalue weighted by atomic mass is 10.1. The molecule has 0 spiro atoms. The van der Waals surface area contributed by atoms with Gasteiger partial charge in [-0.1, -0.05) is 54.6 Å². The second-order valence-corrected chi connectivity index (χ2v) is 8.99. The lowest BCUT2D eigenvalue weighted by Crippen LogP contribution is -2.26. The van der Waals surface area contributed by atoms with Crippen LogP contribution in [0.2, 0.25) is 0 Å². The fourth-order valence-electron chi connectivity index (χ4n) is 3.37. The molecule has 4 aromatic carbocycles. The molecule has 0 heterocycles. The van der Waals surface area contributed by atoms with Crippen LogP contribution < -0.4 is 14.7 Å². The van der Waals surface area contributed by atoms with Crippen LogP contribution in [0, 0.1) is 0 Å². The normalized spacial score (nSPS) is 10.9. The molecule has 0 atom stereocenters. The van der Waals surface area contributed by atoms with Gasteiger partial charge < -0.3 is 9.90 Å². The number of carbonyl (C=O) groups is 2. The predicted molar refractivity (Wildman–Crippen MR) is 127 cm³/mol. The highest BCUT2D eigenvalue weighted by molar-refractivity contribution is 7.92. The standard InChI is InChI=1S/C26H20N2O5S/c29-25(28(22-10-3-1-4-11-22)23-12-5-2-6-13-23)20-8-7-9-21(18-20)27-34(32,33)24-16-14-19(15-17-24)26(30)31/h1-18,27H,(H,30,31)/p-1. The van der Waals surface area contributed by atoms with E-state index in [9.17, 15) is 23.1 Å². The highest BCUT2D eigenvalue weighted by Gasteiger charge is 2.21. The lowest BCUT2D eigenvalue weighted by Gasteiger charge is -2.23. The number of hydrogen-bond donors (Lipinski definition) is 1. The lowest BCUT2D eigenvalue weighted by molar-refractivity contribution is -0.255. The minimum absolute atomic E-state index is 0.121. The molecule has 0 unspecified atom stereocenters. The summed E-state index contributed by atoms with van der Waals surface area (Å²) in [6.07, 6.45) is 0. The number of sulfonamides is 1. The first-order valence-corrected chi connectivity index (χ1v) is 11.7. The summed E-state index contributed by atoms with van der Waals surface area (Å²) >= 11 is 0. The molecule has 0 radical (unpaired) electrons. The van der Waals surface area contributed by atoms with Gasteiger partial charge in [-0.2, -0.15) is 0 Å². The van der Waals surface area contributed by atoms with Gasteiger partial charge in [0.25, 0.3) is 15.9 Å². The zero-order chi connectivity index (χ0) is 24.1. The molecule has 0 saturated heterocycles. The van der Waals surface area contributed by atoms with E-state index in [1.54, 1.807) is 17.0 Å². The zero-order valence-corrected chi connectivity index (χ0v) is 18.6. The molecule has 0 aliphatic heterocycles. The predicted octanol–water partition coefficient (Wildman–Crippen LogP) is 3.83. The van der Waals surface area contributed by atoms with E-state index in [0.717, 1.165) is 12.1 Å². The van der Waals surface area contributed by atoms with Crippen molar-refractivity contribution >= 4 is 39.0 Å². The Labute approximate surface area is 197 Å². The van der Waals surface area contributed by atoms with E-state index in [1.807, 2.05) is 60.7 Å². The van der Waals surface area contributed by atoms with E-state index in [2.05, 4.69) is 4.72 Å². The molecule has 0 aliphatic carbocycles. The van der Waals surface area contributed by atoms with E-state index in [0.29, 0.717) is 11.4 Å². The number of carboxylic acids is 1. The van der Waals surface area contributed by atoms with Crippen LogP contribution in [0.15, 0.2) is 114 Å². The van der Waals surface area contributed by atoms with Gasteiger partial charge in [0.05, 0.1) is 10.9 Å². The number of para-hydroxylation sites is 2. The number of carboxylic acid groups (broad SMARTS) is 1. The molecular formula is C26H19N2O5S-. The Morgan fingerprint density at radius 1 is 0.676 bits per heavy atom. The summed E-state index contributed by atoms with van der Waals surface area (Å²) < 4.78 is 28.0. The Morgan fingerprint density at radius 2 is 1.24 bits per heavy atom. The third-order valence-electron chi connectivity index (χ3n) is 4.99. The smallest absolute Gasteiger partial charge is 0.262 e. The maximum atomic E-state index is 13.5. The SMILES string of the molecule is O=C([O-])c1ccc(S(=O)(=O)Nc2cccc(C(=O)N(c3ccccc3)c3ccccc3)c2)cc1. The topological polar surface area (TPSA) is 107 Å². The van der Waals surface area contributed by atoms with Crippen LogP contribution in [0.5, 0.6) is 0 Å². The Kier molecular flexibility index (Phi) is 6.42. The van der Waals surface area contributed by atoms with Gasteiger partial charge in [0.1, 0.15) is 0 Å². The number of amides is 1. The fourth-order valence-corrected chi connectivity index (χ4v) is 4.42. The summed E-state index contributed by atoms with van der Waals surface area (Å²) in [6, 6.07) is 29.1. The van der Waals surface area contributed by atoms with Gasteiger partial charge in [-0.05, 0) is 60.2 Å². The number of carbonyl (C=O) groups excluding carboxylic acids is 2. The Balaban J connectivity index is 1.64. The average Bonchev–Trinajstić information content (AvgIpc) is 2.85. The van der Waals surface area contributed by atoms with Gasteiger partial charge in [-0.3, -0.25) is 14.4 Å². The molecule has 0 aromatic heterocycles. The first kappa shape index (κ1) is 22.8. The van der Waals surface area contributed by atoms with E-state index in [-0.39, 0.29) is 27.6 Å². The molecule has 0 saturated carbocycles. The van der Waals surface area contributed by atoms with Crippen LogP contribution in [-0.2, 0) is 10.0 Å². The van der Waals surface area contributed by atoms with Crippen molar-refractivity contribution in [3.8, 4) is 0 Å². The minimum Gasteiger partial charge on any atom is -0.545 e. The molecule has 1 N–H and O–H groups in total. The third-order valence-corrected chi connectivity index (χ3v) is 6.39. The quantitative estimate of drug-likeness (QED) is 0.441. The first-order valence-electron chi connectivity index (χ1n) is 10.2. The zero-order valence-electron chi connectivity index (χ0n) is 17.8. The molecule has 34 heavy (non-hydrogen) atoms. The molecule has 4 aromatic rings. The summed E-state index contributed by atoms with van der Waals surface area (Å²) in [5.74, 6) is -1.73. The van der Waals surface area contributed by atoms with Crippen molar-refractivity contribution in [2.45, 2.75) is 4.90 Å². The average molecular weight is 472 g/mol. The van der Waals surface area contributed by atoms with Crippen molar-refractivity contribution in [1.29, 1.82) is 0 Å². The Hall–Kier alpha value is -4.43. The number of hydrogen-bond acceptors (Lipinski definition) is 5. The van der Waals surface area contributed by atoms with Crippen molar-refractivity contribution in [2.24, 2.45) is 0 Å². The van der Waals surface area contributed by atoms with Crippen molar-refractivity contribution in [3.05, 3.63) is 120 Å². The monoisotopic (exact) mass is 471 g/mol. The summed E-state index contributed by atoms with van der Waals surface area (Å²) in [5.41, 5.74) is 1.67.